The van der Waals surface area contributed by atoms with E-state index in [0.717, 1.165) is 19.6 Å². The topological polar surface area (TPSA) is 21.3 Å². The first-order valence-corrected chi connectivity index (χ1v) is 8.21. The number of rotatable bonds is 6. The molecule has 1 aliphatic heterocycles. The predicted octanol–water partition coefficient (Wildman–Crippen LogP) is 4.02. The summed E-state index contributed by atoms with van der Waals surface area (Å²) in [7, 11) is 0. The summed E-state index contributed by atoms with van der Waals surface area (Å²) in [6.07, 6.45) is 2.71. The Balaban J connectivity index is 2.07. The molecule has 1 fully saturated rings. The van der Waals surface area contributed by atoms with Crippen LogP contribution < -0.4 is 5.32 Å². The van der Waals surface area contributed by atoms with Crippen molar-refractivity contribution in [3.63, 3.8) is 0 Å². The molecule has 1 heterocycles. The van der Waals surface area contributed by atoms with Gasteiger partial charge in [0.15, 0.2) is 0 Å². The normalized spacial score (nSPS) is 24.6. The van der Waals surface area contributed by atoms with Crippen LogP contribution in [0.3, 0.4) is 0 Å². The molecule has 3 heteroatoms. The molecule has 106 valence electrons. The summed E-state index contributed by atoms with van der Waals surface area (Å²) in [5, 5.41) is 4.18. The minimum absolute atomic E-state index is 0.372. The molecule has 0 saturated carbocycles. The summed E-state index contributed by atoms with van der Waals surface area (Å²) in [5.41, 5.74) is 1.42. The molecular weight excluding hydrogens is 254 g/mol. The zero-order valence-electron chi connectivity index (χ0n) is 12.2. The van der Waals surface area contributed by atoms with Crippen molar-refractivity contribution in [1.29, 1.82) is 0 Å². The molecule has 2 rings (SSSR count). The molecule has 0 bridgehead atoms. The van der Waals surface area contributed by atoms with Crippen LogP contribution in [-0.4, -0.2) is 24.5 Å². The van der Waals surface area contributed by atoms with Crippen molar-refractivity contribution in [2.75, 3.05) is 13.2 Å². The lowest BCUT2D eigenvalue weighted by atomic mass is 10.1. The van der Waals surface area contributed by atoms with Crippen LogP contribution in [0.25, 0.3) is 0 Å². The van der Waals surface area contributed by atoms with Crippen LogP contribution in [0.5, 0.6) is 0 Å². The minimum atomic E-state index is 0.372. The molecule has 2 nitrogen and oxygen atoms in total. The number of benzene rings is 1. The van der Waals surface area contributed by atoms with Gasteiger partial charge in [-0.25, -0.2) is 0 Å². The van der Waals surface area contributed by atoms with Gasteiger partial charge in [-0.1, -0.05) is 25.1 Å². The maximum Gasteiger partial charge on any atom is 0.0669 e. The van der Waals surface area contributed by atoms with Crippen LogP contribution in [-0.2, 0) is 4.74 Å². The molecule has 19 heavy (non-hydrogen) atoms. The first-order valence-electron chi connectivity index (χ1n) is 7.33. The number of hydrogen-bond acceptors (Lipinski definition) is 3. The van der Waals surface area contributed by atoms with E-state index in [0.29, 0.717) is 17.4 Å². The van der Waals surface area contributed by atoms with Crippen LogP contribution in [0.2, 0.25) is 0 Å². The summed E-state index contributed by atoms with van der Waals surface area (Å²) in [6.45, 7) is 8.63. The Hall–Kier alpha value is -0.510. The zero-order chi connectivity index (χ0) is 13.7. The van der Waals surface area contributed by atoms with Gasteiger partial charge in [0.1, 0.15) is 0 Å². The van der Waals surface area contributed by atoms with E-state index in [1.807, 2.05) is 11.8 Å². The number of ether oxygens (including phenoxy) is 1. The Morgan fingerprint density at radius 2 is 2.21 bits per heavy atom. The molecule has 0 aromatic heterocycles. The first kappa shape index (κ1) is 14.9. The number of nitrogens with one attached hydrogen (secondary N) is 1. The van der Waals surface area contributed by atoms with Crippen LogP contribution in [0.15, 0.2) is 29.2 Å². The van der Waals surface area contributed by atoms with E-state index < -0.39 is 0 Å². The molecule has 1 N–H and O–H groups in total. The molecule has 1 aromatic carbocycles. The van der Waals surface area contributed by atoms with Gasteiger partial charge in [0.2, 0.25) is 0 Å². The van der Waals surface area contributed by atoms with E-state index >= 15 is 0 Å². The van der Waals surface area contributed by atoms with Gasteiger partial charge in [0, 0.05) is 22.8 Å². The Bertz CT molecular complexity index is 396. The third-order valence-corrected chi connectivity index (χ3v) is 5.22. The lowest BCUT2D eigenvalue weighted by molar-refractivity contribution is 0.127. The third kappa shape index (κ3) is 3.98. The fraction of sp³-hybridized carbons (Fsp3) is 0.625. The molecule has 1 aliphatic rings. The molecule has 0 aliphatic carbocycles. The second kappa shape index (κ2) is 7.32. The summed E-state index contributed by atoms with van der Waals surface area (Å²) in [6, 6.07) is 9.18. The molecule has 1 aromatic rings. The van der Waals surface area contributed by atoms with Gasteiger partial charge in [0.05, 0.1) is 6.10 Å². The standard InChI is InChI=1S/C16H25NOS/c1-4-10-17-12(2)14-7-5-6-8-16(14)19-15-9-11-18-13(15)3/h5-8,12-13,15,17H,4,9-11H2,1-3H3. The van der Waals surface area contributed by atoms with Crippen LogP contribution in [0.4, 0.5) is 0 Å². The van der Waals surface area contributed by atoms with E-state index in [-0.39, 0.29) is 0 Å². The van der Waals surface area contributed by atoms with Crippen molar-refractivity contribution >= 4 is 11.8 Å². The van der Waals surface area contributed by atoms with E-state index in [4.69, 9.17) is 4.74 Å². The lowest BCUT2D eigenvalue weighted by Gasteiger charge is -2.20. The lowest BCUT2D eigenvalue weighted by Crippen LogP contribution is -2.20. The van der Waals surface area contributed by atoms with E-state index in [1.165, 1.54) is 16.9 Å². The van der Waals surface area contributed by atoms with Crippen molar-refractivity contribution < 1.29 is 4.74 Å². The highest BCUT2D eigenvalue weighted by Crippen LogP contribution is 2.36. The van der Waals surface area contributed by atoms with Gasteiger partial charge in [-0.15, -0.1) is 11.8 Å². The monoisotopic (exact) mass is 279 g/mol. The van der Waals surface area contributed by atoms with E-state index in [1.54, 1.807) is 0 Å². The van der Waals surface area contributed by atoms with Crippen molar-refractivity contribution in [3.05, 3.63) is 29.8 Å². The van der Waals surface area contributed by atoms with Gasteiger partial charge in [-0.05, 0) is 44.9 Å². The van der Waals surface area contributed by atoms with Crippen LogP contribution in [0, 0.1) is 0 Å². The van der Waals surface area contributed by atoms with Crippen LogP contribution >= 0.6 is 11.8 Å². The van der Waals surface area contributed by atoms with E-state index in [9.17, 15) is 0 Å². The second-order valence-electron chi connectivity index (χ2n) is 5.23. The predicted molar refractivity (Wildman–Crippen MR) is 82.8 cm³/mol. The fourth-order valence-corrected chi connectivity index (χ4v) is 3.79. The molecule has 0 spiro atoms. The summed E-state index contributed by atoms with van der Waals surface area (Å²) in [4.78, 5) is 1.40. The largest absolute Gasteiger partial charge is 0.377 e. The molecule has 1 saturated heterocycles. The maximum atomic E-state index is 5.67. The first-order chi connectivity index (χ1) is 9.22. The zero-order valence-corrected chi connectivity index (χ0v) is 13.0. The molecule has 3 atom stereocenters. The number of hydrogen-bond donors (Lipinski definition) is 1. The quantitative estimate of drug-likeness (QED) is 0.850. The van der Waals surface area contributed by atoms with Crippen molar-refractivity contribution in [2.45, 2.75) is 55.9 Å². The van der Waals surface area contributed by atoms with Gasteiger partial charge < -0.3 is 10.1 Å². The average molecular weight is 279 g/mol. The summed E-state index contributed by atoms with van der Waals surface area (Å²) >= 11 is 1.98. The third-order valence-electron chi connectivity index (χ3n) is 3.67. The smallest absolute Gasteiger partial charge is 0.0669 e. The fourth-order valence-electron chi connectivity index (χ4n) is 2.45. The van der Waals surface area contributed by atoms with Crippen molar-refractivity contribution in [3.8, 4) is 0 Å². The molecule has 0 radical (unpaired) electrons. The van der Waals surface area contributed by atoms with E-state index in [2.05, 4.69) is 50.4 Å². The maximum absolute atomic E-state index is 5.67. The van der Waals surface area contributed by atoms with Crippen molar-refractivity contribution in [1.82, 2.24) is 5.32 Å². The number of thioether (sulfide) groups is 1. The summed E-state index contributed by atoms with van der Waals surface area (Å²) < 4.78 is 5.67. The van der Waals surface area contributed by atoms with Gasteiger partial charge in [-0.2, -0.15) is 0 Å². The Morgan fingerprint density at radius 3 is 2.89 bits per heavy atom. The van der Waals surface area contributed by atoms with Gasteiger partial charge >= 0.3 is 0 Å². The average Bonchev–Trinajstić information content (AvgIpc) is 2.82. The highest BCUT2D eigenvalue weighted by atomic mass is 32.2. The highest BCUT2D eigenvalue weighted by Gasteiger charge is 2.26. The molecule has 0 amide bonds. The van der Waals surface area contributed by atoms with Gasteiger partial charge in [-0.3, -0.25) is 0 Å². The Kier molecular flexibility index (Phi) is 5.74. The summed E-state index contributed by atoms with van der Waals surface area (Å²) in [5.74, 6) is 0. The second-order valence-corrected chi connectivity index (χ2v) is 6.52. The molecule has 3 unspecified atom stereocenters. The van der Waals surface area contributed by atoms with Gasteiger partial charge in [0.25, 0.3) is 0 Å². The minimum Gasteiger partial charge on any atom is -0.377 e. The Morgan fingerprint density at radius 1 is 1.42 bits per heavy atom. The van der Waals surface area contributed by atoms with Crippen LogP contribution in [0.1, 0.15) is 45.2 Å². The highest BCUT2D eigenvalue weighted by molar-refractivity contribution is 8.00. The van der Waals surface area contributed by atoms with Crippen molar-refractivity contribution in [2.24, 2.45) is 0 Å². The Labute approximate surface area is 121 Å². The molecular formula is C16H25NOS. The SMILES string of the molecule is CCCNC(C)c1ccccc1SC1CCOC1C.